The highest BCUT2D eigenvalue weighted by molar-refractivity contribution is 7.99. The fraction of sp³-hybridized carbons (Fsp3) is 0.143. The smallest absolute Gasteiger partial charge is 0.335 e. The number of carbonyl (C=O) groups is 1. The third-order valence-electron chi connectivity index (χ3n) is 2.47. The topological polar surface area (TPSA) is 50.2 Å². The van der Waals surface area contributed by atoms with Gasteiger partial charge in [-0.2, -0.15) is 0 Å². The molecule has 0 spiro atoms. The van der Waals surface area contributed by atoms with Gasteiger partial charge in [0.2, 0.25) is 0 Å². The lowest BCUT2D eigenvalue weighted by Crippen LogP contribution is -1.95. The van der Waals surface area contributed by atoms with E-state index in [1.165, 1.54) is 17.8 Å². The molecule has 0 saturated heterocycles. The molecular formula is C14H12ClNO2S. The molecule has 1 aromatic carbocycles. The summed E-state index contributed by atoms with van der Waals surface area (Å²) in [5, 5.41) is 10.2. The van der Waals surface area contributed by atoms with Crippen LogP contribution in [0.2, 0.25) is 5.02 Å². The van der Waals surface area contributed by atoms with E-state index in [9.17, 15) is 4.79 Å². The van der Waals surface area contributed by atoms with Gasteiger partial charge in [0.15, 0.2) is 0 Å². The molecule has 3 nitrogen and oxygen atoms in total. The molecule has 2 rings (SSSR count). The number of hydrogen-bond acceptors (Lipinski definition) is 3. The van der Waals surface area contributed by atoms with Gasteiger partial charge in [0.05, 0.1) is 10.6 Å². The molecule has 0 unspecified atom stereocenters. The zero-order chi connectivity index (χ0) is 14.0. The van der Waals surface area contributed by atoms with Gasteiger partial charge >= 0.3 is 5.97 Å². The number of aromatic nitrogens is 1. The number of pyridine rings is 1. The maximum absolute atomic E-state index is 10.8. The first kappa shape index (κ1) is 13.9. The Morgan fingerprint density at radius 2 is 2.00 bits per heavy atom. The summed E-state index contributed by atoms with van der Waals surface area (Å²) in [7, 11) is 0. The second-order valence-corrected chi connectivity index (χ2v) is 5.65. The van der Waals surface area contributed by atoms with Crippen LogP contribution in [-0.4, -0.2) is 16.1 Å². The molecule has 1 N–H and O–H groups in total. The SMILES string of the molecule is Cc1cc(C)nc(Sc2ccc(C(=O)O)cc2Cl)c1. The lowest BCUT2D eigenvalue weighted by atomic mass is 10.2. The zero-order valence-corrected chi connectivity index (χ0v) is 12.0. The predicted octanol–water partition coefficient (Wildman–Crippen LogP) is 4.20. The third kappa shape index (κ3) is 3.49. The van der Waals surface area contributed by atoms with Crippen LogP contribution in [0.1, 0.15) is 21.6 Å². The third-order valence-corrected chi connectivity index (χ3v) is 3.89. The number of hydrogen-bond donors (Lipinski definition) is 1. The average molecular weight is 294 g/mol. The Labute approximate surface area is 120 Å². The van der Waals surface area contributed by atoms with Gasteiger partial charge in [-0.25, -0.2) is 9.78 Å². The van der Waals surface area contributed by atoms with E-state index in [-0.39, 0.29) is 5.56 Å². The second-order valence-electron chi connectivity index (χ2n) is 4.18. The van der Waals surface area contributed by atoms with Crippen molar-refractivity contribution in [1.82, 2.24) is 4.98 Å². The Morgan fingerprint density at radius 1 is 1.26 bits per heavy atom. The van der Waals surface area contributed by atoms with E-state index in [0.29, 0.717) is 5.02 Å². The maximum atomic E-state index is 10.8. The molecule has 0 aliphatic heterocycles. The molecule has 0 bridgehead atoms. The van der Waals surface area contributed by atoms with Crippen LogP contribution in [0.5, 0.6) is 0 Å². The van der Waals surface area contributed by atoms with E-state index >= 15 is 0 Å². The van der Waals surface area contributed by atoms with Crippen molar-refractivity contribution in [2.75, 3.05) is 0 Å². The van der Waals surface area contributed by atoms with Crippen molar-refractivity contribution in [2.24, 2.45) is 0 Å². The number of aromatic carboxylic acids is 1. The number of nitrogens with zero attached hydrogens (tertiary/aromatic N) is 1. The molecule has 0 radical (unpaired) electrons. The first-order valence-corrected chi connectivity index (χ1v) is 6.81. The van der Waals surface area contributed by atoms with Gasteiger partial charge < -0.3 is 5.11 Å². The van der Waals surface area contributed by atoms with Crippen LogP contribution in [0.4, 0.5) is 0 Å². The van der Waals surface area contributed by atoms with Gasteiger partial charge in [-0.05, 0) is 49.7 Å². The number of carboxylic acids is 1. The van der Waals surface area contributed by atoms with Crippen molar-refractivity contribution in [3.8, 4) is 0 Å². The van der Waals surface area contributed by atoms with Crippen molar-refractivity contribution in [2.45, 2.75) is 23.8 Å². The van der Waals surface area contributed by atoms with Crippen LogP contribution in [0, 0.1) is 13.8 Å². The van der Waals surface area contributed by atoms with Crippen LogP contribution < -0.4 is 0 Å². The summed E-state index contributed by atoms with van der Waals surface area (Å²) in [4.78, 5) is 16.0. The first-order valence-electron chi connectivity index (χ1n) is 5.61. The molecule has 0 saturated carbocycles. The highest BCUT2D eigenvalue weighted by Gasteiger charge is 2.09. The minimum Gasteiger partial charge on any atom is -0.478 e. The normalized spacial score (nSPS) is 10.5. The Morgan fingerprint density at radius 3 is 2.58 bits per heavy atom. The maximum Gasteiger partial charge on any atom is 0.335 e. The summed E-state index contributed by atoms with van der Waals surface area (Å²) in [6.45, 7) is 3.94. The molecule has 1 heterocycles. The highest BCUT2D eigenvalue weighted by atomic mass is 35.5. The molecule has 1 aromatic heterocycles. The van der Waals surface area contributed by atoms with Crippen molar-refractivity contribution in [3.63, 3.8) is 0 Å². The molecule has 19 heavy (non-hydrogen) atoms. The Balaban J connectivity index is 2.30. The molecule has 0 aliphatic carbocycles. The lowest BCUT2D eigenvalue weighted by molar-refractivity contribution is 0.0697. The van der Waals surface area contributed by atoms with Crippen LogP contribution in [0.15, 0.2) is 40.3 Å². The average Bonchev–Trinajstić information content (AvgIpc) is 2.30. The van der Waals surface area contributed by atoms with Gasteiger partial charge in [-0.15, -0.1) is 0 Å². The lowest BCUT2D eigenvalue weighted by Gasteiger charge is -2.06. The fourth-order valence-electron chi connectivity index (χ4n) is 1.69. The van der Waals surface area contributed by atoms with Crippen molar-refractivity contribution < 1.29 is 9.90 Å². The van der Waals surface area contributed by atoms with E-state index in [4.69, 9.17) is 16.7 Å². The van der Waals surface area contributed by atoms with Crippen molar-refractivity contribution in [3.05, 3.63) is 52.2 Å². The summed E-state index contributed by atoms with van der Waals surface area (Å²) in [6, 6.07) is 8.67. The summed E-state index contributed by atoms with van der Waals surface area (Å²) < 4.78 is 0. The molecule has 0 aliphatic rings. The Kier molecular flexibility index (Phi) is 4.12. The molecule has 0 amide bonds. The van der Waals surface area contributed by atoms with Crippen molar-refractivity contribution >= 4 is 29.3 Å². The number of carboxylic acid groups (broad SMARTS) is 1. The predicted molar refractivity (Wildman–Crippen MR) is 76.2 cm³/mol. The number of rotatable bonds is 3. The molecule has 5 heteroatoms. The highest BCUT2D eigenvalue weighted by Crippen LogP contribution is 2.33. The first-order chi connectivity index (χ1) is 8.95. The van der Waals surface area contributed by atoms with Crippen molar-refractivity contribution in [1.29, 1.82) is 0 Å². The van der Waals surface area contributed by atoms with Gasteiger partial charge in [0.25, 0.3) is 0 Å². The minimum absolute atomic E-state index is 0.183. The number of halogens is 1. The Bertz CT molecular complexity index is 623. The van der Waals surface area contributed by atoms with Crippen LogP contribution >= 0.6 is 23.4 Å². The van der Waals surface area contributed by atoms with E-state index in [1.807, 2.05) is 26.0 Å². The van der Waals surface area contributed by atoms with Gasteiger partial charge in [-0.1, -0.05) is 23.4 Å². The fourth-order valence-corrected chi connectivity index (χ4v) is 2.93. The molecular weight excluding hydrogens is 282 g/mol. The number of aryl methyl sites for hydroxylation is 2. The Hall–Kier alpha value is -1.52. The standard InChI is InChI=1S/C14H12ClNO2S/c1-8-5-9(2)16-13(6-8)19-12-4-3-10(14(17)18)7-11(12)15/h3-7H,1-2H3,(H,17,18). The summed E-state index contributed by atoms with van der Waals surface area (Å²) in [6.07, 6.45) is 0. The summed E-state index contributed by atoms with van der Waals surface area (Å²) in [5.41, 5.74) is 2.26. The largest absolute Gasteiger partial charge is 0.478 e. The van der Waals surface area contributed by atoms with E-state index < -0.39 is 5.97 Å². The quantitative estimate of drug-likeness (QED) is 0.921. The molecule has 98 valence electrons. The van der Waals surface area contributed by atoms with Crippen LogP contribution in [0.3, 0.4) is 0 Å². The monoisotopic (exact) mass is 293 g/mol. The van der Waals surface area contributed by atoms with Gasteiger partial charge in [0.1, 0.15) is 5.03 Å². The summed E-state index contributed by atoms with van der Waals surface area (Å²) in [5.74, 6) is -0.983. The number of benzene rings is 1. The van der Waals surface area contributed by atoms with Gasteiger partial charge in [0, 0.05) is 10.6 Å². The van der Waals surface area contributed by atoms with E-state index in [1.54, 1.807) is 12.1 Å². The van der Waals surface area contributed by atoms with Crippen LogP contribution in [-0.2, 0) is 0 Å². The van der Waals surface area contributed by atoms with E-state index in [0.717, 1.165) is 21.2 Å². The molecule has 0 atom stereocenters. The molecule has 2 aromatic rings. The second kappa shape index (κ2) is 5.63. The van der Waals surface area contributed by atoms with Gasteiger partial charge in [-0.3, -0.25) is 0 Å². The van der Waals surface area contributed by atoms with E-state index in [2.05, 4.69) is 4.98 Å². The minimum atomic E-state index is -0.983. The molecule has 0 fully saturated rings. The zero-order valence-electron chi connectivity index (χ0n) is 10.5. The van der Waals surface area contributed by atoms with Crippen LogP contribution in [0.25, 0.3) is 0 Å². The summed E-state index contributed by atoms with van der Waals surface area (Å²) >= 11 is 7.52.